The van der Waals surface area contributed by atoms with Crippen LogP contribution in [-0.4, -0.2) is 12.6 Å². The molecule has 3 nitrogen and oxygen atoms in total. The quantitative estimate of drug-likeness (QED) is 0.208. The van der Waals surface area contributed by atoms with Crippen LogP contribution in [0.3, 0.4) is 0 Å². The van der Waals surface area contributed by atoms with Crippen LogP contribution in [0.5, 0.6) is 0 Å². The zero-order chi connectivity index (χ0) is 17.3. The number of aryl methyl sites for hydroxylation is 1. The number of carbonyl (C=O) groups is 1. The Bertz CT molecular complexity index is 442. The van der Waals surface area contributed by atoms with Crippen molar-refractivity contribution in [1.29, 1.82) is 0 Å². The standard InChI is InChI=1S/C21H34NO2/c1-2-16-21(23)24-20-15-10-8-6-4-3-5-7-9-12-17-22-18-13-11-14-19-22/h2,11,13-14,16,18-19H,3-10,12,15,17,20H2,1H3/q+1. The zero-order valence-electron chi connectivity index (χ0n) is 15.3. The highest BCUT2D eigenvalue weighted by atomic mass is 16.5. The minimum atomic E-state index is -0.219. The predicted octanol–water partition coefficient (Wildman–Crippen LogP) is 4.99. The highest BCUT2D eigenvalue weighted by Crippen LogP contribution is 2.10. The van der Waals surface area contributed by atoms with E-state index in [-0.39, 0.29) is 5.97 Å². The molecule has 0 aliphatic carbocycles. The summed E-state index contributed by atoms with van der Waals surface area (Å²) in [6, 6.07) is 6.24. The van der Waals surface area contributed by atoms with Crippen LogP contribution in [0, 0.1) is 0 Å². The van der Waals surface area contributed by atoms with E-state index in [0.717, 1.165) is 19.4 Å². The minimum Gasteiger partial charge on any atom is -0.463 e. The van der Waals surface area contributed by atoms with Gasteiger partial charge in [0.2, 0.25) is 0 Å². The van der Waals surface area contributed by atoms with E-state index in [1.54, 1.807) is 6.08 Å². The fourth-order valence-electron chi connectivity index (χ4n) is 2.75. The summed E-state index contributed by atoms with van der Waals surface area (Å²) in [4.78, 5) is 11.1. The van der Waals surface area contributed by atoms with Crippen LogP contribution in [0.2, 0.25) is 0 Å². The molecule has 0 aliphatic heterocycles. The molecular formula is C21H34NO2+. The maximum Gasteiger partial charge on any atom is 0.330 e. The van der Waals surface area contributed by atoms with Gasteiger partial charge in [-0.1, -0.05) is 57.1 Å². The van der Waals surface area contributed by atoms with Crippen molar-refractivity contribution < 1.29 is 14.1 Å². The second-order valence-corrected chi connectivity index (χ2v) is 6.32. The lowest BCUT2D eigenvalue weighted by molar-refractivity contribution is -0.697. The molecule has 0 aromatic carbocycles. The average Bonchev–Trinajstić information content (AvgIpc) is 2.60. The van der Waals surface area contributed by atoms with Gasteiger partial charge in [0.15, 0.2) is 12.4 Å². The number of pyridine rings is 1. The third-order valence-corrected chi connectivity index (χ3v) is 4.14. The maximum absolute atomic E-state index is 11.1. The Labute approximate surface area is 147 Å². The molecule has 0 bridgehead atoms. The lowest BCUT2D eigenvalue weighted by Crippen LogP contribution is -2.32. The van der Waals surface area contributed by atoms with Crippen molar-refractivity contribution in [2.75, 3.05) is 6.61 Å². The number of hydrogen-bond acceptors (Lipinski definition) is 2. The van der Waals surface area contributed by atoms with E-state index in [0.29, 0.717) is 6.61 Å². The van der Waals surface area contributed by atoms with Crippen LogP contribution in [0.15, 0.2) is 42.7 Å². The molecule has 0 spiro atoms. The van der Waals surface area contributed by atoms with Gasteiger partial charge >= 0.3 is 5.97 Å². The predicted molar refractivity (Wildman–Crippen MR) is 98.6 cm³/mol. The number of aromatic nitrogens is 1. The normalized spacial score (nSPS) is 11.0. The largest absolute Gasteiger partial charge is 0.463 e. The first kappa shape index (κ1) is 20.4. The molecule has 24 heavy (non-hydrogen) atoms. The third kappa shape index (κ3) is 11.9. The second kappa shape index (κ2) is 14.9. The van der Waals surface area contributed by atoms with Gasteiger partial charge in [-0.15, -0.1) is 0 Å². The number of nitrogens with zero attached hydrogens (tertiary/aromatic N) is 1. The minimum absolute atomic E-state index is 0.219. The number of unbranched alkanes of at least 4 members (excludes halogenated alkanes) is 9. The summed E-state index contributed by atoms with van der Waals surface area (Å²) in [6.45, 7) is 3.52. The van der Waals surface area contributed by atoms with Crippen LogP contribution < -0.4 is 4.57 Å². The molecule has 134 valence electrons. The van der Waals surface area contributed by atoms with Gasteiger partial charge in [0, 0.05) is 24.6 Å². The van der Waals surface area contributed by atoms with Crippen molar-refractivity contribution >= 4 is 5.97 Å². The van der Waals surface area contributed by atoms with Crippen LogP contribution in [-0.2, 0) is 16.1 Å². The molecule has 0 atom stereocenters. The molecule has 3 heteroatoms. The van der Waals surface area contributed by atoms with Crippen molar-refractivity contribution in [3.63, 3.8) is 0 Å². The summed E-state index contributed by atoms with van der Waals surface area (Å²) in [7, 11) is 0. The molecule has 0 unspecified atom stereocenters. The number of rotatable bonds is 14. The highest BCUT2D eigenvalue weighted by molar-refractivity contribution is 5.81. The molecular weight excluding hydrogens is 298 g/mol. The van der Waals surface area contributed by atoms with Gasteiger partial charge in [-0.2, -0.15) is 0 Å². The van der Waals surface area contributed by atoms with Crippen LogP contribution in [0.4, 0.5) is 0 Å². The van der Waals surface area contributed by atoms with Gasteiger partial charge in [-0.25, -0.2) is 9.36 Å². The second-order valence-electron chi connectivity index (χ2n) is 6.32. The number of allylic oxidation sites excluding steroid dienone is 1. The molecule has 0 saturated heterocycles. The van der Waals surface area contributed by atoms with Gasteiger partial charge in [0.25, 0.3) is 0 Å². The van der Waals surface area contributed by atoms with Crippen LogP contribution in [0.1, 0.15) is 71.1 Å². The molecule has 0 amide bonds. The molecule has 0 saturated carbocycles. The average molecular weight is 333 g/mol. The van der Waals surface area contributed by atoms with E-state index in [2.05, 4.69) is 35.2 Å². The van der Waals surface area contributed by atoms with E-state index < -0.39 is 0 Å². The summed E-state index contributed by atoms with van der Waals surface area (Å²) in [5, 5.41) is 0. The Kier molecular flexibility index (Phi) is 12.7. The summed E-state index contributed by atoms with van der Waals surface area (Å²) in [6.07, 6.45) is 20.2. The number of ether oxygens (including phenoxy) is 1. The first-order chi connectivity index (χ1) is 11.8. The highest BCUT2D eigenvalue weighted by Gasteiger charge is 1.98. The number of esters is 1. The molecule has 0 N–H and O–H groups in total. The monoisotopic (exact) mass is 332 g/mol. The summed E-state index contributed by atoms with van der Waals surface area (Å²) in [5.74, 6) is -0.219. The van der Waals surface area contributed by atoms with Gasteiger partial charge < -0.3 is 4.74 Å². The Morgan fingerprint density at radius 1 is 0.833 bits per heavy atom. The summed E-state index contributed by atoms with van der Waals surface area (Å²) >= 11 is 0. The van der Waals surface area contributed by atoms with E-state index in [1.165, 1.54) is 57.4 Å². The van der Waals surface area contributed by atoms with Gasteiger partial charge in [0.05, 0.1) is 6.61 Å². The lowest BCUT2D eigenvalue weighted by Gasteiger charge is -2.03. The SMILES string of the molecule is CC=CC(=O)OCCCCCCCCCCCC[n+]1ccccc1. The van der Waals surface area contributed by atoms with E-state index in [9.17, 15) is 4.79 Å². The topological polar surface area (TPSA) is 30.2 Å². The molecule has 1 aromatic heterocycles. The van der Waals surface area contributed by atoms with Crippen LogP contribution in [0.25, 0.3) is 0 Å². The number of hydrogen-bond donors (Lipinski definition) is 0. The van der Waals surface area contributed by atoms with Gasteiger partial charge in [-0.05, 0) is 19.8 Å². The first-order valence-electron chi connectivity index (χ1n) is 9.56. The van der Waals surface area contributed by atoms with E-state index in [4.69, 9.17) is 4.74 Å². The summed E-state index contributed by atoms with van der Waals surface area (Å²) < 4.78 is 7.33. The fraction of sp³-hybridized carbons (Fsp3) is 0.619. The Morgan fingerprint density at radius 3 is 1.96 bits per heavy atom. The lowest BCUT2D eigenvalue weighted by atomic mass is 10.1. The molecule has 1 heterocycles. The molecule has 0 aliphatic rings. The Morgan fingerprint density at radius 2 is 1.38 bits per heavy atom. The first-order valence-corrected chi connectivity index (χ1v) is 9.56. The van der Waals surface area contributed by atoms with Crippen molar-refractivity contribution in [2.24, 2.45) is 0 Å². The molecule has 0 radical (unpaired) electrons. The Hall–Kier alpha value is -1.64. The third-order valence-electron chi connectivity index (χ3n) is 4.14. The molecule has 0 fully saturated rings. The van der Waals surface area contributed by atoms with Crippen LogP contribution >= 0.6 is 0 Å². The maximum atomic E-state index is 11.1. The zero-order valence-corrected chi connectivity index (χ0v) is 15.3. The molecule has 1 aromatic rings. The number of carbonyl (C=O) groups excluding carboxylic acids is 1. The van der Waals surface area contributed by atoms with Crippen molar-refractivity contribution in [2.45, 2.75) is 77.7 Å². The van der Waals surface area contributed by atoms with Crippen molar-refractivity contribution in [3.05, 3.63) is 42.7 Å². The Balaban J connectivity index is 1.77. The van der Waals surface area contributed by atoms with Gasteiger partial charge in [-0.3, -0.25) is 0 Å². The molecule has 1 rings (SSSR count). The smallest absolute Gasteiger partial charge is 0.330 e. The van der Waals surface area contributed by atoms with Gasteiger partial charge in [0.1, 0.15) is 6.54 Å². The van der Waals surface area contributed by atoms with Crippen molar-refractivity contribution in [1.82, 2.24) is 0 Å². The summed E-state index contributed by atoms with van der Waals surface area (Å²) in [5.41, 5.74) is 0. The van der Waals surface area contributed by atoms with Crippen molar-refractivity contribution in [3.8, 4) is 0 Å². The van der Waals surface area contributed by atoms with E-state index in [1.807, 2.05) is 6.92 Å². The fourth-order valence-corrected chi connectivity index (χ4v) is 2.75. The van der Waals surface area contributed by atoms with E-state index >= 15 is 0 Å².